The average molecular weight is 492 g/mol. The van der Waals surface area contributed by atoms with Gasteiger partial charge in [-0.15, -0.1) is 0 Å². The number of benzene rings is 2. The second-order valence-corrected chi connectivity index (χ2v) is 7.92. The summed E-state index contributed by atoms with van der Waals surface area (Å²) in [6.45, 7) is 2.69. The maximum atomic E-state index is 12.6. The highest BCUT2D eigenvalue weighted by atomic mass is 16.7. The van der Waals surface area contributed by atoms with Crippen LogP contribution in [0.4, 0.5) is 16.3 Å². The van der Waals surface area contributed by atoms with Gasteiger partial charge in [0, 0.05) is 37.1 Å². The van der Waals surface area contributed by atoms with Gasteiger partial charge in [0.2, 0.25) is 5.82 Å². The molecular formula is C25H24N4O7. The van der Waals surface area contributed by atoms with Crippen LogP contribution in [0.2, 0.25) is 0 Å². The molecule has 186 valence electrons. The fourth-order valence-electron chi connectivity index (χ4n) is 3.84. The second kappa shape index (κ2) is 11.3. The van der Waals surface area contributed by atoms with Crippen LogP contribution in [0.3, 0.4) is 0 Å². The lowest BCUT2D eigenvalue weighted by Crippen LogP contribution is -2.38. The number of aromatic nitrogens is 2. The summed E-state index contributed by atoms with van der Waals surface area (Å²) >= 11 is 0. The second-order valence-electron chi connectivity index (χ2n) is 7.92. The summed E-state index contributed by atoms with van der Waals surface area (Å²) in [4.78, 5) is 45.4. The molecular weight excluding hydrogens is 468 g/mol. The monoisotopic (exact) mass is 492 g/mol. The Morgan fingerprint density at radius 2 is 1.69 bits per heavy atom. The highest BCUT2D eigenvalue weighted by Gasteiger charge is 2.32. The van der Waals surface area contributed by atoms with Crippen LogP contribution in [-0.2, 0) is 9.47 Å². The molecule has 0 saturated carbocycles. The van der Waals surface area contributed by atoms with Crippen molar-refractivity contribution in [3.63, 3.8) is 0 Å². The van der Waals surface area contributed by atoms with Gasteiger partial charge in [-0.3, -0.25) is 14.9 Å². The van der Waals surface area contributed by atoms with E-state index in [0.29, 0.717) is 37.1 Å². The molecule has 11 nitrogen and oxygen atoms in total. The summed E-state index contributed by atoms with van der Waals surface area (Å²) in [6, 6.07) is 15.1. The number of carbonyl (C=O) groups is 2. The SMILES string of the molecule is CCOC(=O)OC1CCN(c2ncnc(Oc3ccc(C(=O)c4ccccc4)cc3)c2[N+](=O)[O-])CC1. The Bertz CT molecular complexity index is 1230. The summed E-state index contributed by atoms with van der Waals surface area (Å²) < 4.78 is 15.8. The number of ether oxygens (including phenoxy) is 3. The topological polar surface area (TPSA) is 134 Å². The number of anilines is 1. The molecule has 0 spiro atoms. The van der Waals surface area contributed by atoms with Crippen molar-refractivity contribution < 1.29 is 28.7 Å². The van der Waals surface area contributed by atoms with Crippen molar-refractivity contribution in [1.29, 1.82) is 0 Å². The fourth-order valence-corrected chi connectivity index (χ4v) is 3.84. The molecule has 3 aromatic rings. The van der Waals surface area contributed by atoms with Crippen molar-refractivity contribution in [2.75, 3.05) is 24.6 Å². The molecule has 1 fully saturated rings. The lowest BCUT2D eigenvalue weighted by molar-refractivity contribution is -0.385. The summed E-state index contributed by atoms with van der Waals surface area (Å²) in [5, 5.41) is 11.9. The molecule has 1 aliphatic rings. The third-order valence-electron chi connectivity index (χ3n) is 5.59. The minimum Gasteiger partial charge on any atom is -0.435 e. The number of rotatable bonds is 8. The Morgan fingerprint density at radius 3 is 2.33 bits per heavy atom. The zero-order valence-corrected chi connectivity index (χ0v) is 19.5. The van der Waals surface area contributed by atoms with E-state index < -0.39 is 11.1 Å². The van der Waals surface area contributed by atoms with Crippen LogP contribution in [-0.4, -0.2) is 52.6 Å². The molecule has 0 atom stereocenters. The summed E-state index contributed by atoms with van der Waals surface area (Å²) in [7, 11) is 0. The van der Waals surface area contributed by atoms with E-state index in [1.807, 2.05) is 6.07 Å². The Morgan fingerprint density at radius 1 is 1.03 bits per heavy atom. The van der Waals surface area contributed by atoms with Crippen molar-refractivity contribution in [2.45, 2.75) is 25.9 Å². The molecule has 0 bridgehead atoms. The molecule has 2 aromatic carbocycles. The maximum absolute atomic E-state index is 12.6. The lowest BCUT2D eigenvalue weighted by Gasteiger charge is -2.31. The van der Waals surface area contributed by atoms with Crippen LogP contribution >= 0.6 is 0 Å². The van der Waals surface area contributed by atoms with Gasteiger partial charge in [-0.25, -0.2) is 9.78 Å². The summed E-state index contributed by atoms with van der Waals surface area (Å²) in [5.41, 5.74) is 0.643. The Balaban J connectivity index is 1.48. The summed E-state index contributed by atoms with van der Waals surface area (Å²) in [6.07, 6.45) is 1.07. The average Bonchev–Trinajstić information content (AvgIpc) is 2.89. The van der Waals surface area contributed by atoms with Gasteiger partial charge in [0.05, 0.1) is 11.5 Å². The van der Waals surface area contributed by atoms with Gasteiger partial charge in [-0.1, -0.05) is 30.3 Å². The molecule has 0 radical (unpaired) electrons. The van der Waals surface area contributed by atoms with Crippen molar-refractivity contribution >= 4 is 23.4 Å². The van der Waals surface area contributed by atoms with Gasteiger partial charge in [0.15, 0.2) is 5.78 Å². The van der Waals surface area contributed by atoms with Gasteiger partial charge in [0.25, 0.3) is 0 Å². The third-order valence-corrected chi connectivity index (χ3v) is 5.59. The Hall–Kier alpha value is -4.54. The predicted octanol–water partition coefficient (Wildman–Crippen LogP) is 4.55. The first kappa shape index (κ1) is 24.6. The molecule has 4 rings (SSSR count). The van der Waals surface area contributed by atoms with Gasteiger partial charge in [0.1, 0.15) is 18.2 Å². The number of ketones is 1. The highest BCUT2D eigenvalue weighted by Crippen LogP contribution is 2.37. The Labute approximate surface area is 206 Å². The third kappa shape index (κ3) is 5.74. The van der Waals surface area contributed by atoms with Crippen LogP contribution in [0.5, 0.6) is 11.6 Å². The zero-order valence-electron chi connectivity index (χ0n) is 19.5. The zero-order chi connectivity index (χ0) is 25.5. The van der Waals surface area contributed by atoms with E-state index >= 15 is 0 Å². The molecule has 0 unspecified atom stereocenters. The first-order chi connectivity index (χ1) is 17.5. The quantitative estimate of drug-likeness (QED) is 0.191. The first-order valence-electron chi connectivity index (χ1n) is 11.4. The van der Waals surface area contributed by atoms with E-state index in [2.05, 4.69) is 9.97 Å². The van der Waals surface area contributed by atoms with Crippen molar-refractivity contribution in [1.82, 2.24) is 9.97 Å². The molecule has 36 heavy (non-hydrogen) atoms. The van der Waals surface area contributed by atoms with Crippen molar-refractivity contribution in [3.8, 4) is 11.6 Å². The van der Waals surface area contributed by atoms with Gasteiger partial charge < -0.3 is 19.1 Å². The number of nitrogens with zero attached hydrogens (tertiary/aromatic N) is 4. The van der Waals surface area contributed by atoms with E-state index in [-0.39, 0.29) is 41.6 Å². The van der Waals surface area contributed by atoms with E-state index in [4.69, 9.17) is 14.2 Å². The predicted molar refractivity (Wildman–Crippen MR) is 128 cm³/mol. The number of piperidine rings is 1. The van der Waals surface area contributed by atoms with E-state index in [0.717, 1.165) is 0 Å². The smallest absolute Gasteiger partial charge is 0.435 e. The number of nitro groups is 1. The molecule has 0 amide bonds. The minimum absolute atomic E-state index is 0.121. The molecule has 1 aliphatic heterocycles. The maximum Gasteiger partial charge on any atom is 0.508 e. The van der Waals surface area contributed by atoms with Crippen molar-refractivity contribution in [3.05, 3.63) is 82.2 Å². The molecule has 0 aliphatic carbocycles. The molecule has 1 aromatic heterocycles. The minimum atomic E-state index is -0.726. The first-order valence-corrected chi connectivity index (χ1v) is 11.4. The van der Waals surface area contributed by atoms with E-state index in [1.54, 1.807) is 60.4 Å². The normalized spacial score (nSPS) is 13.6. The van der Waals surface area contributed by atoms with Crippen LogP contribution in [0.25, 0.3) is 0 Å². The number of hydrogen-bond donors (Lipinski definition) is 0. The van der Waals surface area contributed by atoms with Gasteiger partial charge in [-0.2, -0.15) is 4.98 Å². The van der Waals surface area contributed by atoms with E-state index in [9.17, 15) is 19.7 Å². The number of hydrogen-bond acceptors (Lipinski definition) is 10. The lowest BCUT2D eigenvalue weighted by atomic mass is 10.0. The van der Waals surface area contributed by atoms with Gasteiger partial charge in [-0.05, 0) is 31.2 Å². The highest BCUT2D eigenvalue weighted by molar-refractivity contribution is 6.09. The fraction of sp³-hybridized carbons (Fsp3) is 0.280. The molecule has 0 N–H and O–H groups in total. The van der Waals surface area contributed by atoms with Crippen LogP contribution < -0.4 is 9.64 Å². The van der Waals surface area contributed by atoms with Crippen LogP contribution in [0, 0.1) is 10.1 Å². The largest absolute Gasteiger partial charge is 0.508 e. The molecule has 2 heterocycles. The standard InChI is InChI=1S/C25H24N4O7/c1-2-34-25(31)36-20-12-14-28(15-13-20)23-21(29(32)33)24(27-16-26-23)35-19-10-8-18(9-11-19)22(30)17-6-4-3-5-7-17/h3-11,16,20H,2,12-15H2,1H3. The van der Waals surface area contributed by atoms with Crippen LogP contribution in [0.15, 0.2) is 60.9 Å². The van der Waals surface area contributed by atoms with Crippen molar-refractivity contribution in [2.24, 2.45) is 0 Å². The summed E-state index contributed by atoms with van der Waals surface area (Å²) in [5.74, 6) is 0.0502. The van der Waals surface area contributed by atoms with Gasteiger partial charge >= 0.3 is 17.7 Å². The number of carbonyl (C=O) groups excluding carboxylic acids is 2. The Kier molecular flexibility index (Phi) is 7.69. The van der Waals surface area contributed by atoms with Crippen LogP contribution in [0.1, 0.15) is 35.7 Å². The van der Waals surface area contributed by atoms with E-state index in [1.165, 1.54) is 6.33 Å². The molecule has 1 saturated heterocycles. The molecule has 11 heteroatoms.